The number of likely N-dealkylation sites (N-methyl/N-ethyl adjacent to an activating group) is 1. The zero-order valence-corrected chi connectivity index (χ0v) is 54.6. The summed E-state index contributed by atoms with van der Waals surface area (Å²) in [6.45, 7) is 21.5. The highest BCUT2D eigenvalue weighted by Crippen LogP contribution is 2.68. The van der Waals surface area contributed by atoms with Gasteiger partial charge in [0.05, 0.1) is 48.9 Å². The van der Waals surface area contributed by atoms with Crippen LogP contribution in [-0.2, 0) is 34.1 Å². The van der Waals surface area contributed by atoms with Gasteiger partial charge < -0.3 is 65.1 Å². The van der Waals surface area contributed by atoms with Gasteiger partial charge in [-0.25, -0.2) is 19.4 Å². The highest BCUT2D eigenvalue weighted by molar-refractivity contribution is 8.15. The highest BCUT2D eigenvalue weighted by Gasteiger charge is 2.63. The topological polar surface area (TPSA) is 310 Å². The molecule has 21 nitrogen and oxygen atoms in total. The molecule has 2 heterocycles. The van der Waals surface area contributed by atoms with Crippen molar-refractivity contribution < 1.29 is 73.9 Å². The Hall–Kier alpha value is -5.40. The molecule has 2 aromatic carbocycles. The predicted octanol–water partition coefficient (Wildman–Crippen LogP) is 6.89. The van der Waals surface area contributed by atoms with Gasteiger partial charge in [-0.3, -0.25) is 19.9 Å². The fourth-order valence-corrected chi connectivity index (χ4v) is 17.7. The number of nitrogens with one attached hydrogen (secondary N) is 2. The monoisotopic (exact) mass is 1280 g/mol. The smallest absolute Gasteiger partial charge is 0.415 e. The molecule has 492 valence electrons. The Morgan fingerprint density at radius 3 is 2.31 bits per heavy atom. The minimum atomic E-state index is -1.08. The molecule has 9 N–H and O–H groups in total. The number of phenolic OH excluding ortho intramolecular Hbond substituents is 2. The first kappa shape index (κ1) is 69.5. The molecule has 89 heavy (non-hydrogen) atoms. The van der Waals surface area contributed by atoms with E-state index in [1.807, 2.05) is 0 Å². The molecule has 3 aromatic rings. The van der Waals surface area contributed by atoms with E-state index in [4.69, 9.17) is 14.2 Å². The van der Waals surface area contributed by atoms with Crippen LogP contribution in [0.15, 0.2) is 23.2 Å². The molecule has 0 radical (unpaired) electrons. The molecule has 13 atom stereocenters. The van der Waals surface area contributed by atoms with Crippen LogP contribution >= 0.6 is 23.1 Å². The number of aliphatic imine (C=N–C) groups is 1. The van der Waals surface area contributed by atoms with Gasteiger partial charge in [0.15, 0.2) is 6.04 Å². The van der Waals surface area contributed by atoms with Gasteiger partial charge in [0, 0.05) is 84.7 Å². The number of phenols is 2. The van der Waals surface area contributed by atoms with Crippen molar-refractivity contribution in [1.29, 1.82) is 0 Å². The van der Waals surface area contributed by atoms with Gasteiger partial charge in [-0.1, -0.05) is 47.8 Å². The Balaban J connectivity index is 0.731. The number of thioether (sulfide) groups is 1. The zero-order chi connectivity index (χ0) is 64.7. The number of carbonyl (C=O) groups excluding carboxylic acids is 3. The summed E-state index contributed by atoms with van der Waals surface area (Å²) in [5, 5.41) is 81.3. The van der Waals surface area contributed by atoms with E-state index in [-0.39, 0.29) is 146 Å². The summed E-state index contributed by atoms with van der Waals surface area (Å²) >= 11 is 2.62. The molecule has 8 rings (SSSR count). The number of carboxylic acid groups (broad SMARTS) is 2. The van der Waals surface area contributed by atoms with Crippen molar-refractivity contribution in [3.05, 3.63) is 44.8 Å². The van der Waals surface area contributed by atoms with E-state index in [1.54, 1.807) is 46.0 Å². The number of carboxylic acids is 2. The number of hydrogen-bond acceptors (Lipinski definition) is 18. The number of hydrogen-bond donors (Lipinski definition) is 9. The SMILES string of the molecule is C=c1c(C)c(O)c(=C)c(C(C)(C)CC(=O)N(C)CCN(CCOCCOCCC(O)NCCCCC(NC(=O)CCC(C)C2CCC3C4C(O)CC5CC(O)CCC5(C)C4CCC23C)C(=O)O)C(=O)Oc2ccc3nc(C4=NC(C(=O)O)CS4)sc3c2)c1O. The average molecular weight is 1280 g/mol. The molecule has 0 bridgehead atoms. The molecule has 4 saturated carbocycles. The number of thiazole rings is 1. The molecule has 5 aliphatic rings. The summed E-state index contributed by atoms with van der Waals surface area (Å²) in [4.78, 5) is 76.4. The number of aliphatic hydroxyl groups excluding tert-OH is 3. The molecule has 1 aromatic heterocycles. The number of unbranched alkanes of at least 4 members (excludes halogenated alkanes) is 1. The van der Waals surface area contributed by atoms with Crippen molar-refractivity contribution in [2.24, 2.45) is 51.3 Å². The number of rotatable bonds is 30. The summed E-state index contributed by atoms with van der Waals surface area (Å²) in [5.41, 5.74) is 0.627. The number of nitrogens with zero attached hydrogens (tertiary/aromatic N) is 4. The number of aliphatic carboxylic acids is 2. The lowest BCUT2D eigenvalue weighted by Gasteiger charge is -2.62. The van der Waals surface area contributed by atoms with Crippen LogP contribution in [0.25, 0.3) is 23.4 Å². The lowest BCUT2D eigenvalue weighted by molar-refractivity contribution is -0.174. The van der Waals surface area contributed by atoms with Crippen molar-refractivity contribution in [2.45, 2.75) is 174 Å². The Morgan fingerprint density at radius 1 is 0.876 bits per heavy atom. The van der Waals surface area contributed by atoms with Crippen LogP contribution in [-0.4, -0.2) is 181 Å². The maximum Gasteiger partial charge on any atom is 0.415 e. The third-order valence-corrected chi connectivity index (χ3v) is 23.1. The van der Waals surface area contributed by atoms with E-state index in [2.05, 4.69) is 54.5 Å². The largest absolute Gasteiger partial charge is 0.507 e. The van der Waals surface area contributed by atoms with Crippen molar-refractivity contribution >= 4 is 81.4 Å². The molecule has 0 saturated heterocycles. The van der Waals surface area contributed by atoms with Crippen LogP contribution < -0.4 is 25.8 Å². The van der Waals surface area contributed by atoms with Gasteiger partial charge in [-0.2, -0.15) is 0 Å². The lowest BCUT2D eigenvalue weighted by Crippen LogP contribution is -2.58. The normalized spacial score (nSPS) is 26.7. The number of fused-ring (bicyclic) bond motifs is 6. The van der Waals surface area contributed by atoms with Crippen LogP contribution in [0.2, 0.25) is 0 Å². The first-order chi connectivity index (χ1) is 42.1. The molecule has 4 fully saturated rings. The van der Waals surface area contributed by atoms with Gasteiger partial charge in [0.25, 0.3) is 0 Å². The third-order valence-electron chi connectivity index (χ3n) is 20.8. The van der Waals surface area contributed by atoms with Crippen LogP contribution in [0, 0.1) is 53.3 Å². The van der Waals surface area contributed by atoms with Gasteiger partial charge in [-0.15, -0.1) is 23.1 Å². The maximum absolute atomic E-state index is 13.9. The second kappa shape index (κ2) is 29.9. The Morgan fingerprint density at radius 2 is 1.60 bits per heavy atom. The van der Waals surface area contributed by atoms with Gasteiger partial charge in [0.1, 0.15) is 39.6 Å². The number of ether oxygens (including phenoxy) is 3. The van der Waals surface area contributed by atoms with E-state index in [9.17, 15) is 59.7 Å². The van der Waals surface area contributed by atoms with Gasteiger partial charge in [0.2, 0.25) is 11.8 Å². The van der Waals surface area contributed by atoms with Gasteiger partial charge >= 0.3 is 18.0 Å². The predicted molar refractivity (Wildman–Crippen MR) is 342 cm³/mol. The molecular formula is C66H96N6O15S2. The summed E-state index contributed by atoms with van der Waals surface area (Å²) in [5.74, 6) is -0.0616. The van der Waals surface area contributed by atoms with Crippen LogP contribution in [0.5, 0.6) is 17.2 Å². The lowest BCUT2D eigenvalue weighted by atomic mass is 9.43. The summed E-state index contributed by atoms with van der Waals surface area (Å²) in [7, 11) is 1.60. The Labute approximate surface area is 530 Å². The fraction of sp³-hybridized carbons (Fsp3) is 0.682. The fourth-order valence-electron chi connectivity index (χ4n) is 15.6. The molecule has 1 aliphatic heterocycles. The highest BCUT2D eigenvalue weighted by atomic mass is 32.2. The number of benzene rings is 2. The quantitative estimate of drug-likeness (QED) is 0.0186. The molecule has 23 heteroatoms. The first-order valence-electron chi connectivity index (χ1n) is 31.9. The molecule has 0 spiro atoms. The first-order valence-corrected chi connectivity index (χ1v) is 33.7. The number of aromatic nitrogens is 1. The van der Waals surface area contributed by atoms with Crippen LogP contribution in [0.3, 0.4) is 0 Å². The number of carbonyl (C=O) groups is 5. The second-order valence-electron chi connectivity index (χ2n) is 27.0. The molecular weight excluding hydrogens is 1180 g/mol. The third kappa shape index (κ3) is 16.3. The zero-order valence-electron chi connectivity index (χ0n) is 53.0. The number of aliphatic hydroxyl groups is 3. The molecule has 4 aliphatic carbocycles. The van der Waals surface area contributed by atoms with E-state index in [0.29, 0.717) is 86.6 Å². The average Bonchev–Trinajstić information content (AvgIpc) is 1.73. The van der Waals surface area contributed by atoms with E-state index < -0.39 is 41.8 Å². The summed E-state index contributed by atoms with van der Waals surface area (Å²) < 4.78 is 18.1. The standard InChI is InChI=1S/C66H96N6O15S2/c1-37(44-15-16-45-55-46(20-23-66(44,45)8)65(7)22-19-42(73)32-41(65)33-50(55)74)13-18-53(76)68-48(61(80)81)12-10-11-24-67-52(75)21-28-85-30-31-86-29-27-72(26-25-71(9)54(77)35-64(5,6)56-40(4)57(78)38(2)39(3)58(56)79)63(84)87-43-14-17-47-51(34-43)89-60(69-47)59-70-49(36-88-59)62(82)83/h14,17,34,37,41-42,44-46,48-50,52,55,67,73-75,78-79H,3-4,10-13,15-16,18-33,35-36H2,1-2,5-9H3,(H,68,76)(H,80,81)(H,82,83). The summed E-state index contributed by atoms with van der Waals surface area (Å²) in [6, 6.07) is 3.12. The minimum Gasteiger partial charge on any atom is -0.507 e. The van der Waals surface area contributed by atoms with Crippen molar-refractivity contribution in [2.75, 3.05) is 65.4 Å². The molecule has 13 unspecified atom stereocenters. The second-order valence-corrected chi connectivity index (χ2v) is 29.1. The van der Waals surface area contributed by atoms with Crippen molar-refractivity contribution in [3.63, 3.8) is 0 Å². The van der Waals surface area contributed by atoms with E-state index in [0.717, 1.165) is 51.4 Å². The van der Waals surface area contributed by atoms with Crippen LogP contribution in [0.1, 0.15) is 147 Å². The van der Waals surface area contributed by atoms with Crippen molar-refractivity contribution in [1.82, 2.24) is 25.4 Å². The number of aromatic hydroxyl groups is 2. The van der Waals surface area contributed by atoms with Crippen molar-refractivity contribution in [3.8, 4) is 17.2 Å². The number of amides is 3. The van der Waals surface area contributed by atoms with Gasteiger partial charge in [-0.05, 0) is 149 Å². The Kier molecular flexibility index (Phi) is 23.4. The van der Waals surface area contributed by atoms with E-state index >= 15 is 0 Å². The van der Waals surface area contributed by atoms with E-state index in [1.165, 1.54) is 32.9 Å². The maximum atomic E-state index is 13.9. The molecule has 3 amide bonds. The van der Waals surface area contributed by atoms with Crippen LogP contribution in [0.4, 0.5) is 4.79 Å². The summed E-state index contributed by atoms with van der Waals surface area (Å²) in [6.07, 6.45) is 8.13. The Bertz CT molecular complexity index is 3160. The minimum absolute atomic E-state index is 0.0576.